The van der Waals surface area contributed by atoms with E-state index in [4.69, 9.17) is 27.9 Å². The maximum Gasteiger partial charge on any atom is 0.251 e. The lowest BCUT2D eigenvalue weighted by Crippen LogP contribution is -2.27. The summed E-state index contributed by atoms with van der Waals surface area (Å²) in [5.41, 5.74) is 0.226. The third-order valence-corrected chi connectivity index (χ3v) is 2.40. The maximum absolute atomic E-state index is 13.1. The fourth-order valence-electron chi connectivity index (χ4n) is 1.13. The summed E-state index contributed by atoms with van der Waals surface area (Å²) >= 11 is 10.9. The SMILES string of the molecule is O=C(NCCOCCCl)c1ccc(Cl)c(F)c1. The minimum absolute atomic E-state index is 0.00741. The van der Waals surface area contributed by atoms with E-state index >= 15 is 0 Å². The number of benzene rings is 1. The van der Waals surface area contributed by atoms with Crippen LogP contribution in [0.4, 0.5) is 4.39 Å². The van der Waals surface area contributed by atoms with Crippen LogP contribution in [-0.2, 0) is 4.74 Å². The van der Waals surface area contributed by atoms with Crippen molar-refractivity contribution in [1.82, 2.24) is 5.32 Å². The molecule has 0 radical (unpaired) electrons. The van der Waals surface area contributed by atoms with Crippen LogP contribution >= 0.6 is 23.2 Å². The molecule has 1 amide bonds. The maximum atomic E-state index is 13.1. The summed E-state index contributed by atoms with van der Waals surface area (Å²) in [4.78, 5) is 11.5. The highest BCUT2D eigenvalue weighted by Gasteiger charge is 2.07. The van der Waals surface area contributed by atoms with Crippen LogP contribution < -0.4 is 5.32 Å². The molecule has 0 aliphatic carbocycles. The summed E-state index contributed by atoms with van der Waals surface area (Å²) in [5.74, 6) is -0.566. The number of carbonyl (C=O) groups excluding carboxylic acids is 1. The number of amides is 1. The molecule has 0 atom stereocenters. The molecule has 0 fully saturated rings. The summed E-state index contributed by atoms with van der Waals surface area (Å²) in [7, 11) is 0. The summed E-state index contributed by atoms with van der Waals surface area (Å²) in [6, 6.07) is 3.90. The van der Waals surface area contributed by atoms with Gasteiger partial charge in [-0.2, -0.15) is 0 Å². The Morgan fingerprint density at radius 1 is 1.41 bits per heavy atom. The first kappa shape index (κ1) is 14.2. The lowest BCUT2D eigenvalue weighted by Gasteiger charge is -2.06. The molecule has 0 aliphatic rings. The molecule has 1 rings (SSSR count). The zero-order valence-electron chi connectivity index (χ0n) is 9.01. The predicted octanol–water partition coefficient (Wildman–Crippen LogP) is 2.46. The molecule has 0 saturated carbocycles. The molecule has 94 valence electrons. The second-order valence-corrected chi connectivity index (χ2v) is 3.97. The number of rotatable bonds is 6. The quantitative estimate of drug-likeness (QED) is 0.642. The van der Waals surface area contributed by atoms with Crippen molar-refractivity contribution < 1.29 is 13.9 Å². The minimum atomic E-state index is -0.613. The van der Waals surface area contributed by atoms with Crippen LogP contribution in [-0.4, -0.2) is 31.5 Å². The highest BCUT2D eigenvalue weighted by atomic mass is 35.5. The Morgan fingerprint density at radius 3 is 2.82 bits per heavy atom. The first-order valence-electron chi connectivity index (χ1n) is 5.02. The Bertz CT molecular complexity index is 388. The van der Waals surface area contributed by atoms with Crippen molar-refractivity contribution in [3.05, 3.63) is 34.6 Å². The average molecular weight is 280 g/mol. The van der Waals surface area contributed by atoms with Crippen molar-refractivity contribution in [1.29, 1.82) is 0 Å². The van der Waals surface area contributed by atoms with Gasteiger partial charge in [0.1, 0.15) is 5.82 Å². The largest absolute Gasteiger partial charge is 0.378 e. The van der Waals surface area contributed by atoms with Gasteiger partial charge >= 0.3 is 0 Å². The van der Waals surface area contributed by atoms with Crippen LogP contribution in [0, 0.1) is 5.82 Å². The summed E-state index contributed by atoms with van der Waals surface area (Å²) in [5, 5.41) is 2.58. The van der Waals surface area contributed by atoms with Gasteiger partial charge in [-0.3, -0.25) is 4.79 Å². The highest BCUT2D eigenvalue weighted by Crippen LogP contribution is 2.15. The van der Waals surface area contributed by atoms with E-state index < -0.39 is 5.82 Å². The number of hydrogen-bond acceptors (Lipinski definition) is 2. The Hall–Kier alpha value is -0.840. The van der Waals surface area contributed by atoms with E-state index in [0.29, 0.717) is 25.6 Å². The van der Waals surface area contributed by atoms with E-state index in [2.05, 4.69) is 5.32 Å². The van der Waals surface area contributed by atoms with Crippen LogP contribution in [0.25, 0.3) is 0 Å². The Balaban J connectivity index is 2.39. The first-order chi connectivity index (χ1) is 8.15. The second kappa shape index (κ2) is 7.48. The Labute approximate surface area is 109 Å². The number of hydrogen-bond donors (Lipinski definition) is 1. The molecule has 1 N–H and O–H groups in total. The van der Waals surface area contributed by atoms with Gasteiger partial charge in [0, 0.05) is 18.0 Å². The van der Waals surface area contributed by atoms with Crippen molar-refractivity contribution in [3.8, 4) is 0 Å². The molecule has 17 heavy (non-hydrogen) atoms. The van der Waals surface area contributed by atoms with Crippen molar-refractivity contribution in [2.75, 3.05) is 25.6 Å². The number of alkyl halides is 1. The highest BCUT2D eigenvalue weighted by molar-refractivity contribution is 6.30. The first-order valence-corrected chi connectivity index (χ1v) is 5.93. The number of halogens is 3. The van der Waals surface area contributed by atoms with Gasteiger partial charge in [-0.25, -0.2) is 4.39 Å². The van der Waals surface area contributed by atoms with Gasteiger partial charge in [-0.15, -0.1) is 11.6 Å². The number of carbonyl (C=O) groups is 1. The van der Waals surface area contributed by atoms with Gasteiger partial charge in [0.25, 0.3) is 5.91 Å². The molecule has 6 heteroatoms. The van der Waals surface area contributed by atoms with Crippen molar-refractivity contribution >= 4 is 29.1 Å². The zero-order valence-corrected chi connectivity index (χ0v) is 10.5. The third-order valence-electron chi connectivity index (χ3n) is 1.94. The molecule has 0 aliphatic heterocycles. The molecule has 0 saturated heterocycles. The van der Waals surface area contributed by atoms with Crippen LogP contribution in [0.1, 0.15) is 10.4 Å². The molecule has 0 unspecified atom stereocenters. The van der Waals surface area contributed by atoms with Crippen LogP contribution in [0.3, 0.4) is 0 Å². The van der Waals surface area contributed by atoms with E-state index in [0.717, 1.165) is 6.07 Å². The van der Waals surface area contributed by atoms with Crippen molar-refractivity contribution in [3.63, 3.8) is 0 Å². The summed E-state index contributed by atoms with van der Waals surface area (Å²) in [6.07, 6.45) is 0. The monoisotopic (exact) mass is 279 g/mol. The molecule has 3 nitrogen and oxygen atoms in total. The van der Waals surface area contributed by atoms with E-state index in [9.17, 15) is 9.18 Å². The molecule has 1 aromatic carbocycles. The zero-order chi connectivity index (χ0) is 12.7. The van der Waals surface area contributed by atoms with E-state index in [1.165, 1.54) is 12.1 Å². The average Bonchev–Trinajstić information content (AvgIpc) is 2.32. The van der Waals surface area contributed by atoms with Crippen molar-refractivity contribution in [2.45, 2.75) is 0 Å². The van der Waals surface area contributed by atoms with E-state index in [-0.39, 0.29) is 16.5 Å². The lowest BCUT2D eigenvalue weighted by molar-refractivity contribution is 0.0923. The lowest BCUT2D eigenvalue weighted by atomic mass is 10.2. The smallest absolute Gasteiger partial charge is 0.251 e. The number of nitrogens with one attached hydrogen (secondary N) is 1. The molecule has 1 aromatic rings. The summed E-state index contributed by atoms with van der Waals surface area (Å²) < 4.78 is 18.1. The fourth-order valence-corrected chi connectivity index (χ4v) is 1.36. The fraction of sp³-hybridized carbons (Fsp3) is 0.364. The molecule has 0 bridgehead atoms. The van der Waals surface area contributed by atoms with E-state index in [1.54, 1.807) is 0 Å². The molecular formula is C11H12Cl2FNO2. The molecule has 0 spiro atoms. The summed E-state index contributed by atoms with van der Waals surface area (Å²) in [6.45, 7) is 1.15. The van der Waals surface area contributed by atoms with Gasteiger partial charge in [0.15, 0.2) is 0 Å². The standard InChI is InChI=1S/C11H12Cl2FNO2/c12-3-5-17-6-4-15-11(16)8-1-2-9(13)10(14)7-8/h1-2,7H,3-6H2,(H,15,16). The minimum Gasteiger partial charge on any atom is -0.378 e. The molecule has 0 aromatic heterocycles. The van der Waals surface area contributed by atoms with Crippen LogP contribution in [0.15, 0.2) is 18.2 Å². The topological polar surface area (TPSA) is 38.3 Å². The predicted molar refractivity (Wildman–Crippen MR) is 65.3 cm³/mol. The third kappa shape index (κ3) is 4.89. The number of ether oxygens (including phenoxy) is 1. The van der Waals surface area contributed by atoms with Gasteiger partial charge in [0.2, 0.25) is 0 Å². The van der Waals surface area contributed by atoms with Gasteiger partial charge in [-0.1, -0.05) is 11.6 Å². The molecular weight excluding hydrogens is 268 g/mol. The van der Waals surface area contributed by atoms with Crippen molar-refractivity contribution in [2.24, 2.45) is 0 Å². The van der Waals surface area contributed by atoms with Gasteiger partial charge in [-0.05, 0) is 18.2 Å². The Morgan fingerprint density at radius 2 is 2.18 bits per heavy atom. The van der Waals surface area contributed by atoms with Gasteiger partial charge in [0.05, 0.1) is 18.2 Å². The normalized spacial score (nSPS) is 10.3. The van der Waals surface area contributed by atoms with Crippen LogP contribution in [0.5, 0.6) is 0 Å². The van der Waals surface area contributed by atoms with Crippen LogP contribution in [0.2, 0.25) is 5.02 Å². The Kier molecular flexibility index (Phi) is 6.26. The molecule has 0 heterocycles. The van der Waals surface area contributed by atoms with E-state index in [1.807, 2.05) is 0 Å². The van der Waals surface area contributed by atoms with Gasteiger partial charge < -0.3 is 10.1 Å². The second-order valence-electron chi connectivity index (χ2n) is 3.19.